The Labute approximate surface area is 165 Å². The molecular weight excluding hydrogens is 382 g/mol. The quantitative estimate of drug-likeness (QED) is 0.602. The van der Waals surface area contributed by atoms with Gasteiger partial charge >= 0.3 is 0 Å². The van der Waals surface area contributed by atoms with Crippen molar-refractivity contribution < 1.29 is 22.8 Å². The van der Waals surface area contributed by atoms with Gasteiger partial charge in [-0.1, -0.05) is 12.1 Å². The number of imide groups is 1. The molecule has 0 N–H and O–H groups in total. The number of amides is 3. The molecule has 3 rings (SSSR count). The zero-order valence-corrected chi connectivity index (χ0v) is 16.8. The zero-order valence-electron chi connectivity index (χ0n) is 16.0. The molecule has 2 heterocycles. The smallest absolute Gasteiger partial charge is 0.261 e. The van der Waals surface area contributed by atoms with Gasteiger partial charge in [0.1, 0.15) is 9.84 Å². The van der Waals surface area contributed by atoms with Crippen LogP contribution in [0.4, 0.5) is 0 Å². The third kappa shape index (κ3) is 4.77. The highest BCUT2D eigenvalue weighted by Crippen LogP contribution is 2.22. The SMILES string of the molecule is CS(=O)(=O)CCN1CCN(C(=O)CCCN2C(=O)c3ccccc3C2=O)CC1. The van der Waals surface area contributed by atoms with E-state index in [0.29, 0.717) is 50.3 Å². The molecule has 152 valence electrons. The Kier molecular flexibility index (Phi) is 6.14. The maximum Gasteiger partial charge on any atom is 0.261 e. The van der Waals surface area contributed by atoms with E-state index in [1.165, 1.54) is 11.2 Å². The number of piperazine rings is 1. The van der Waals surface area contributed by atoms with E-state index in [-0.39, 0.29) is 36.4 Å². The van der Waals surface area contributed by atoms with Crippen molar-refractivity contribution in [3.63, 3.8) is 0 Å². The number of hydrogen-bond acceptors (Lipinski definition) is 6. The molecule has 0 aromatic heterocycles. The van der Waals surface area contributed by atoms with Crippen molar-refractivity contribution in [2.45, 2.75) is 12.8 Å². The van der Waals surface area contributed by atoms with Crippen LogP contribution in [0.25, 0.3) is 0 Å². The largest absolute Gasteiger partial charge is 0.340 e. The lowest BCUT2D eigenvalue weighted by Crippen LogP contribution is -2.49. The standard InChI is InChI=1S/C19H25N3O5S/c1-28(26,27)14-13-20-9-11-21(12-10-20)17(23)7-4-8-22-18(24)15-5-2-3-6-16(15)19(22)25/h2-3,5-6H,4,7-14H2,1H3. The minimum Gasteiger partial charge on any atom is -0.340 e. The summed E-state index contributed by atoms with van der Waals surface area (Å²) in [5.74, 6) is -0.472. The molecule has 1 saturated heterocycles. The fourth-order valence-corrected chi connectivity index (χ4v) is 4.09. The molecular formula is C19H25N3O5S. The Hall–Kier alpha value is -2.26. The molecule has 8 nitrogen and oxygen atoms in total. The lowest BCUT2D eigenvalue weighted by Gasteiger charge is -2.34. The molecule has 3 amide bonds. The zero-order chi connectivity index (χ0) is 20.3. The van der Waals surface area contributed by atoms with Gasteiger partial charge in [-0.05, 0) is 18.6 Å². The van der Waals surface area contributed by atoms with Crippen LogP contribution in [0.3, 0.4) is 0 Å². The van der Waals surface area contributed by atoms with Crippen LogP contribution in [0.5, 0.6) is 0 Å². The number of nitrogens with zero attached hydrogens (tertiary/aromatic N) is 3. The second-order valence-corrected chi connectivity index (χ2v) is 9.52. The molecule has 2 aliphatic rings. The van der Waals surface area contributed by atoms with Gasteiger partial charge in [-0.15, -0.1) is 0 Å². The van der Waals surface area contributed by atoms with Crippen molar-refractivity contribution in [1.29, 1.82) is 0 Å². The van der Waals surface area contributed by atoms with E-state index in [0.717, 1.165) is 0 Å². The number of rotatable bonds is 7. The predicted octanol–water partition coefficient (Wildman–Crippen LogP) is 0.252. The molecule has 0 unspecified atom stereocenters. The molecule has 0 atom stereocenters. The number of carbonyl (C=O) groups is 3. The van der Waals surface area contributed by atoms with Crippen molar-refractivity contribution in [3.8, 4) is 0 Å². The average Bonchev–Trinajstić information content (AvgIpc) is 2.91. The summed E-state index contributed by atoms with van der Waals surface area (Å²) in [6.45, 7) is 3.15. The van der Waals surface area contributed by atoms with E-state index in [9.17, 15) is 22.8 Å². The fraction of sp³-hybridized carbons (Fsp3) is 0.526. The summed E-state index contributed by atoms with van der Waals surface area (Å²) in [4.78, 5) is 42.0. The summed E-state index contributed by atoms with van der Waals surface area (Å²) in [5.41, 5.74) is 0.841. The predicted molar refractivity (Wildman–Crippen MR) is 104 cm³/mol. The van der Waals surface area contributed by atoms with Gasteiger partial charge in [0.25, 0.3) is 11.8 Å². The molecule has 1 aromatic rings. The van der Waals surface area contributed by atoms with Crippen molar-refractivity contribution in [2.24, 2.45) is 0 Å². The second kappa shape index (κ2) is 8.40. The second-order valence-electron chi connectivity index (χ2n) is 7.26. The maximum absolute atomic E-state index is 12.4. The van der Waals surface area contributed by atoms with E-state index < -0.39 is 9.84 Å². The molecule has 0 radical (unpaired) electrons. The van der Waals surface area contributed by atoms with Crippen LogP contribution in [-0.4, -0.2) is 92.1 Å². The Bertz CT molecular complexity index is 840. The van der Waals surface area contributed by atoms with Crippen LogP contribution < -0.4 is 0 Å². The summed E-state index contributed by atoms with van der Waals surface area (Å²) < 4.78 is 22.5. The minimum absolute atomic E-state index is 0.000581. The molecule has 0 saturated carbocycles. The summed E-state index contributed by atoms with van der Waals surface area (Å²) in [6.07, 6.45) is 1.93. The van der Waals surface area contributed by atoms with E-state index in [2.05, 4.69) is 0 Å². The van der Waals surface area contributed by atoms with Gasteiger partial charge in [0.2, 0.25) is 5.91 Å². The van der Waals surface area contributed by atoms with Crippen LogP contribution in [-0.2, 0) is 14.6 Å². The van der Waals surface area contributed by atoms with E-state index in [1.807, 2.05) is 4.90 Å². The number of carbonyl (C=O) groups excluding carboxylic acids is 3. The first-order chi connectivity index (χ1) is 13.3. The Balaban J connectivity index is 1.41. The number of hydrogen-bond donors (Lipinski definition) is 0. The number of fused-ring (bicyclic) bond motifs is 1. The van der Waals surface area contributed by atoms with Gasteiger partial charge < -0.3 is 4.90 Å². The van der Waals surface area contributed by atoms with Crippen molar-refractivity contribution >= 4 is 27.6 Å². The van der Waals surface area contributed by atoms with Crippen molar-refractivity contribution in [2.75, 3.05) is 51.3 Å². The van der Waals surface area contributed by atoms with Crippen LogP contribution in [0.15, 0.2) is 24.3 Å². The van der Waals surface area contributed by atoms with Gasteiger partial charge in [-0.3, -0.25) is 24.2 Å². The monoisotopic (exact) mass is 407 g/mol. The first-order valence-corrected chi connectivity index (χ1v) is 11.5. The highest BCUT2D eigenvalue weighted by atomic mass is 32.2. The van der Waals surface area contributed by atoms with Crippen LogP contribution in [0.1, 0.15) is 33.6 Å². The van der Waals surface area contributed by atoms with Gasteiger partial charge in [-0.2, -0.15) is 0 Å². The third-order valence-electron chi connectivity index (χ3n) is 5.15. The van der Waals surface area contributed by atoms with Gasteiger partial charge in [0.15, 0.2) is 0 Å². The molecule has 0 bridgehead atoms. The van der Waals surface area contributed by atoms with E-state index >= 15 is 0 Å². The summed E-state index contributed by atoms with van der Waals surface area (Å²) in [6, 6.07) is 6.74. The van der Waals surface area contributed by atoms with E-state index in [4.69, 9.17) is 0 Å². The highest BCUT2D eigenvalue weighted by molar-refractivity contribution is 7.90. The summed E-state index contributed by atoms with van der Waals surface area (Å²) >= 11 is 0. The molecule has 0 spiro atoms. The Morgan fingerprint density at radius 2 is 1.54 bits per heavy atom. The summed E-state index contributed by atoms with van der Waals surface area (Å²) in [7, 11) is -2.98. The van der Waals surface area contributed by atoms with E-state index in [1.54, 1.807) is 29.2 Å². The topological polar surface area (TPSA) is 95.1 Å². The number of sulfone groups is 1. The average molecular weight is 407 g/mol. The van der Waals surface area contributed by atoms with Crippen LogP contribution >= 0.6 is 0 Å². The fourth-order valence-electron chi connectivity index (χ4n) is 3.50. The molecule has 9 heteroatoms. The molecule has 1 aromatic carbocycles. The Morgan fingerprint density at radius 3 is 2.07 bits per heavy atom. The summed E-state index contributed by atoms with van der Waals surface area (Å²) in [5, 5.41) is 0. The van der Waals surface area contributed by atoms with Gasteiger partial charge in [-0.25, -0.2) is 8.42 Å². The number of benzene rings is 1. The van der Waals surface area contributed by atoms with Crippen molar-refractivity contribution in [1.82, 2.24) is 14.7 Å². The molecule has 0 aliphatic carbocycles. The normalized spacial score (nSPS) is 17.9. The lowest BCUT2D eigenvalue weighted by atomic mass is 10.1. The highest BCUT2D eigenvalue weighted by Gasteiger charge is 2.34. The first kappa shape index (κ1) is 20.5. The Morgan fingerprint density at radius 1 is 0.964 bits per heavy atom. The third-order valence-corrected chi connectivity index (χ3v) is 6.08. The first-order valence-electron chi connectivity index (χ1n) is 9.39. The van der Waals surface area contributed by atoms with Gasteiger partial charge in [0.05, 0.1) is 16.9 Å². The van der Waals surface area contributed by atoms with Crippen molar-refractivity contribution in [3.05, 3.63) is 35.4 Å². The molecule has 1 fully saturated rings. The molecule has 2 aliphatic heterocycles. The van der Waals surface area contributed by atoms with Crippen LogP contribution in [0.2, 0.25) is 0 Å². The lowest BCUT2D eigenvalue weighted by molar-refractivity contribution is -0.133. The van der Waals surface area contributed by atoms with Crippen LogP contribution in [0, 0.1) is 0 Å². The maximum atomic E-state index is 12.4. The molecule has 28 heavy (non-hydrogen) atoms. The van der Waals surface area contributed by atoms with Gasteiger partial charge in [0, 0.05) is 51.9 Å². The minimum atomic E-state index is -2.98.